The molecule has 0 saturated carbocycles. The average molecular weight is 383 g/mol. The molecule has 0 saturated heterocycles. The summed E-state index contributed by atoms with van der Waals surface area (Å²) in [5.74, 6) is 1.18. The topological polar surface area (TPSA) is 77.2 Å². The molecule has 0 aliphatic carbocycles. The molecule has 6 nitrogen and oxygen atoms in total. The molecule has 7 heteroatoms. The maximum Gasteiger partial charge on any atom is 0.277 e. The number of benzene rings is 2. The van der Waals surface area contributed by atoms with Crippen molar-refractivity contribution in [3.8, 4) is 5.75 Å². The van der Waals surface area contributed by atoms with Crippen LogP contribution in [-0.2, 0) is 11.4 Å². The lowest BCUT2D eigenvalue weighted by molar-refractivity contribution is -0.113. The Morgan fingerprint density at radius 2 is 1.96 bits per heavy atom. The van der Waals surface area contributed by atoms with E-state index in [1.54, 1.807) is 0 Å². The van der Waals surface area contributed by atoms with Gasteiger partial charge in [0.2, 0.25) is 5.91 Å². The van der Waals surface area contributed by atoms with Crippen LogP contribution in [0.5, 0.6) is 5.75 Å². The molecule has 0 unspecified atom stereocenters. The first-order chi connectivity index (χ1) is 13.0. The SMILES string of the molecule is Cc1cccc(OCc2nnc(SCC(=O)Nc3cccc(C)c3C)o2)c1. The van der Waals surface area contributed by atoms with Crippen molar-refractivity contribution in [3.05, 3.63) is 65.0 Å². The van der Waals surface area contributed by atoms with Gasteiger partial charge in [-0.15, -0.1) is 10.2 Å². The van der Waals surface area contributed by atoms with E-state index in [-0.39, 0.29) is 18.3 Å². The van der Waals surface area contributed by atoms with E-state index >= 15 is 0 Å². The molecule has 3 rings (SSSR count). The van der Waals surface area contributed by atoms with Crippen LogP contribution in [0.4, 0.5) is 5.69 Å². The monoisotopic (exact) mass is 383 g/mol. The highest BCUT2D eigenvalue weighted by atomic mass is 32.2. The summed E-state index contributed by atoms with van der Waals surface area (Å²) in [6.07, 6.45) is 0. The van der Waals surface area contributed by atoms with Gasteiger partial charge in [-0.3, -0.25) is 4.79 Å². The number of hydrogen-bond donors (Lipinski definition) is 1. The largest absolute Gasteiger partial charge is 0.484 e. The van der Waals surface area contributed by atoms with Gasteiger partial charge in [-0.25, -0.2) is 0 Å². The van der Waals surface area contributed by atoms with Crippen molar-refractivity contribution in [1.29, 1.82) is 0 Å². The number of carbonyl (C=O) groups is 1. The third-order valence-electron chi connectivity index (χ3n) is 4.01. The van der Waals surface area contributed by atoms with Gasteiger partial charge >= 0.3 is 0 Å². The third kappa shape index (κ3) is 5.34. The molecule has 1 aromatic heterocycles. The van der Waals surface area contributed by atoms with Crippen molar-refractivity contribution >= 4 is 23.4 Å². The van der Waals surface area contributed by atoms with E-state index in [1.165, 1.54) is 11.8 Å². The molecule has 3 aromatic rings. The highest BCUT2D eigenvalue weighted by Crippen LogP contribution is 2.21. The Bertz CT molecular complexity index is 940. The molecule has 2 aromatic carbocycles. The Labute approximate surface area is 162 Å². The first-order valence-corrected chi connectivity index (χ1v) is 9.50. The summed E-state index contributed by atoms with van der Waals surface area (Å²) >= 11 is 1.19. The Hall–Kier alpha value is -2.80. The average Bonchev–Trinajstić information content (AvgIpc) is 3.10. The van der Waals surface area contributed by atoms with Crippen LogP contribution >= 0.6 is 11.8 Å². The van der Waals surface area contributed by atoms with E-state index in [0.717, 1.165) is 28.1 Å². The molecule has 0 fully saturated rings. The van der Waals surface area contributed by atoms with Crippen molar-refractivity contribution in [2.24, 2.45) is 0 Å². The molecule has 1 amide bonds. The van der Waals surface area contributed by atoms with E-state index in [9.17, 15) is 4.79 Å². The van der Waals surface area contributed by atoms with Crippen LogP contribution in [0, 0.1) is 20.8 Å². The Balaban J connectivity index is 1.49. The Morgan fingerprint density at radius 3 is 2.78 bits per heavy atom. The van der Waals surface area contributed by atoms with Crippen LogP contribution in [0.25, 0.3) is 0 Å². The van der Waals surface area contributed by atoms with Gasteiger partial charge in [0.25, 0.3) is 11.1 Å². The number of aryl methyl sites for hydroxylation is 2. The van der Waals surface area contributed by atoms with E-state index in [2.05, 4.69) is 15.5 Å². The number of amides is 1. The smallest absolute Gasteiger partial charge is 0.277 e. The molecule has 27 heavy (non-hydrogen) atoms. The number of anilines is 1. The lowest BCUT2D eigenvalue weighted by Crippen LogP contribution is -2.15. The predicted octanol–water partition coefficient (Wildman–Crippen LogP) is 4.30. The highest BCUT2D eigenvalue weighted by molar-refractivity contribution is 7.99. The van der Waals surface area contributed by atoms with Gasteiger partial charge in [0.05, 0.1) is 5.75 Å². The molecule has 140 valence electrons. The second kappa shape index (κ2) is 8.73. The Kier molecular flexibility index (Phi) is 6.13. The molecule has 0 aliphatic rings. The lowest BCUT2D eigenvalue weighted by Gasteiger charge is -2.09. The van der Waals surface area contributed by atoms with Crippen molar-refractivity contribution in [2.75, 3.05) is 11.1 Å². The minimum Gasteiger partial charge on any atom is -0.484 e. The van der Waals surface area contributed by atoms with Crippen LogP contribution in [-0.4, -0.2) is 21.9 Å². The molecular weight excluding hydrogens is 362 g/mol. The zero-order valence-corrected chi connectivity index (χ0v) is 16.3. The van der Waals surface area contributed by atoms with Gasteiger partial charge in [-0.1, -0.05) is 36.0 Å². The van der Waals surface area contributed by atoms with Crippen molar-refractivity contribution in [1.82, 2.24) is 10.2 Å². The number of hydrogen-bond acceptors (Lipinski definition) is 6. The minimum atomic E-state index is -0.121. The fourth-order valence-corrected chi connectivity index (χ4v) is 2.99. The van der Waals surface area contributed by atoms with Crippen LogP contribution in [0.3, 0.4) is 0 Å². The molecular formula is C20H21N3O3S. The molecule has 0 aliphatic heterocycles. The van der Waals surface area contributed by atoms with Gasteiger partial charge in [-0.2, -0.15) is 0 Å². The molecule has 0 radical (unpaired) electrons. The first-order valence-electron chi connectivity index (χ1n) is 8.52. The third-order valence-corrected chi connectivity index (χ3v) is 4.82. The van der Waals surface area contributed by atoms with Gasteiger partial charge in [0, 0.05) is 5.69 Å². The molecule has 0 spiro atoms. The fourth-order valence-electron chi connectivity index (χ4n) is 2.41. The number of carbonyl (C=O) groups excluding carboxylic acids is 1. The van der Waals surface area contributed by atoms with Gasteiger partial charge < -0.3 is 14.5 Å². The second-order valence-electron chi connectivity index (χ2n) is 6.15. The van der Waals surface area contributed by atoms with Gasteiger partial charge in [0.15, 0.2) is 6.61 Å². The van der Waals surface area contributed by atoms with Crippen molar-refractivity contribution in [3.63, 3.8) is 0 Å². The maximum absolute atomic E-state index is 12.2. The van der Waals surface area contributed by atoms with Crippen molar-refractivity contribution < 1.29 is 13.9 Å². The normalized spacial score (nSPS) is 10.6. The van der Waals surface area contributed by atoms with Crippen molar-refractivity contribution in [2.45, 2.75) is 32.6 Å². The lowest BCUT2D eigenvalue weighted by atomic mass is 10.1. The quantitative estimate of drug-likeness (QED) is 0.613. The molecule has 1 N–H and O–H groups in total. The number of thioether (sulfide) groups is 1. The van der Waals surface area contributed by atoms with Crippen LogP contribution in [0.15, 0.2) is 52.1 Å². The summed E-state index contributed by atoms with van der Waals surface area (Å²) in [7, 11) is 0. The minimum absolute atomic E-state index is 0.121. The summed E-state index contributed by atoms with van der Waals surface area (Å²) in [4.78, 5) is 12.2. The van der Waals surface area contributed by atoms with E-state index in [0.29, 0.717) is 11.1 Å². The standard InChI is InChI=1S/C20H21N3O3S/c1-13-6-4-8-16(10-13)25-11-19-22-23-20(26-19)27-12-18(24)21-17-9-5-7-14(2)15(17)3/h4-10H,11-12H2,1-3H3,(H,21,24). The number of rotatable bonds is 7. The maximum atomic E-state index is 12.2. The summed E-state index contributed by atoms with van der Waals surface area (Å²) in [6.45, 7) is 6.18. The van der Waals surface area contributed by atoms with Crippen LogP contribution < -0.4 is 10.1 Å². The Morgan fingerprint density at radius 1 is 1.15 bits per heavy atom. The number of nitrogens with zero attached hydrogens (tertiary/aromatic N) is 2. The first kappa shape index (κ1) is 19.0. The number of aromatic nitrogens is 2. The van der Waals surface area contributed by atoms with E-state index in [1.807, 2.05) is 63.2 Å². The van der Waals surface area contributed by atoms with Crippen LogP contribution in [0.2, 0.25) is 0 Å². The van der Waals surface area contributed by atoms with Crippen LogP contribution in [0.1, 0.15) is 22.6 Å². The van der Waals surface area contributed by atoms with E-state index in [4.69, 9.17) is 9.15 Å². The van der Waals surface area contributed by atoms with Gasteiger partial charge in [0.1, 0.15) is 5.75 Å². The summed E-state index contributed by atoms with van der Waals surface area (Å²) in [6, 6.07) is 13.5. The molecule has 1 heterocycles. The molecule has 0 bridgehead atoms. The predicted molar refractivity (Wildman–Crippen MR) is 105 cm³/mol. The zero-order chi connectivity index (χ0) is 19.2. The number of nitrogens with one attached hydrogen (secondary N) is 1. The number of ether oxygens (including phenoxy) is 1. The molecule has 0 atom stereocenters. The summed E-state index contributed by atoms with van der Waals surface area (Å²) in [5.41, 5.74) is 4.13. The summed E-state index contributed by atoms with van der Waals surface area (Å²) < 4.78 is 11.1. The van der Waals surface area contributed by atoms with E-state index < -0.39 is 0 Å². The second-order valence-corrected chi connectivity index (χ2v) is 7.08. The summed E-state index contributed by atoms with van der Waals surface area (Å²) in [5, 5.41) is 11.1. The highest BCUT2D eigenvalue weighted by Gasteiger charge is 2.11. The van der Waals surface area contributed by atoms with Gasteiger partial charge in [-0.05, 0) is 55.7 Å². The zero-order valence-electron chi connectivity index (χ0n) is 15.5. The fraction of sp³-hybridized carbons (Fsp3) is 0.250.